The molecule has 3 aromatic rings. The summed E-state index contributed by atoms with van der Waals surface area (Å²) in [7, 11) is 0. The molecule has 0 unspecified atom stereocenters. The highest BCUT2D eigenvalue weighted by Gasteiger charge is 2.42. The molecule has 0 bridgehead atoms. The number of amides is 1. The summed E-state index contributed by atoms with van der Waals surface area (Å²) in [6.45, 7) is 6.79. The van der Waals surface area contributed by atoms with Gasteiger partial charge in [-0.1, -0.05) is 93.4 Å². The maximum absolute atomic E-state index is 13.1. The predicted octanol–water partition coefficient (Wildman–Crippen LogP) is 5.16. The van der Waals surface area contributed by atoms with E-state index in [1.165, 1.54) is 5.56 Å². The van der Waals surface area contributed by atoms with Crippen molar-refractivity contribution in [2.75, 3.05) is 0 Å². The Bertz CT molecular complexity index is 995. The minimum absolute atomic E-state index is 0.0421. The van der Waals surface area contributed by atoms with Gasteiger partial charge in [-0.25, -0.2) is 0 Å². The van der Waals surface area contributed by atoms with Crippen LogP contribution in [0.5, 0.6) is 0 Å². The van der Waals surface area contributed by atoms with E-state index >= 15 is 0 Å². The van der Waals surface area contributed by atoms with Crippen LogP contribution in [-0.4, -0.2) is 16.0 Å². The van der Waals surface area contributed by atoms with Crippen LogP contribution in [0.25, 0.3) is 11.4 Å². The lowest BCUT2D eigenvalue weighted by molar-refractivity contribution is -0.127. The Morgan fingerprint density at radius 2 is 1.70 bits per heavy atom. The molecule has 0 aliphatic heterocycles. The van der Waals surface area contributed by atoms with Gasteiger partial charge in [0.1, 0.15) is 0 Å². The fourth-order valence-corrected chi connectivity index (χ4v) is 4.27. The molecule has 0 saturated heterocycles. The number of benzene rings is 2. The van der Waals surface area contributed by atoms with Gasteiger partial charge >= 0.3 is 0 Å². The van der Waals surface area contributed by atoms with Crippen molar-refractivity contribution < 1.29 is 9.32 Å². The van der Waals surface area contributed by atoms with Crippen molar-refractivity contribution >= 4 is 5.91 Å². The third-order valence-corrected chi connectivity index (χ3v) is 6.10. The molecule has 5 nitrogen and oxygen atoms in total. The second kappa shape index (κ2) is 8.05. The third-order valence-electron chi connectivity index (χ3n) is 6.10. The normalized spacial score (nSPS) is 15.8. The first-order chi connectivity index (χ1) is 14.4. The number of rotatable bonds is 5. The summed E-state index contributed by atoms with van der Waals surface area (Å²) in [5, 5.41) is 7.13. The van der Waals surface area contributed by atoms with Crippen LogP contribution in [0.3, 0.4) is 0 Å². The average Bonchev–Trinajstić information content (AvgIpc) is 3.43. The Balaban J connectivity index is 1.45. The van der Waals surface area contributed by atoms with Crippen molar-refractivity contribution in [1.29, 1.82) is 0 Å². The first kappa shape index (κ1) is 20.3. The molecule has 1 heterocycles. The molecule has 0 atom stereocenters. The van der Waals surface area contributed by atoms with Crippen LogP contribution in [0.1, 0.15) is 63.5 Å². The fourth-order valence-electron chi connectivity index (χ4n) is 4.27. The van der Waals surface area contributed by atoms with E-state index in [4.69, 9.17) is 4.52 Å². The highest BCUT2D eigenvalue weighted by Crippen LogP contribution is 2.41. The standard InChI is InChI=1S/C25H29N3O2/c1-24(2,3)19-13-11-18(12-14-19)22-27-21(30-28-22)17-26-23(29)25(15-7-8-16-25)20-9-5-4-6-10-20/h4-6,9-14H,7-8,15-17H2,1-3H3,(H,26,29). The van der Waals surface area contributed by atoms with Gasteiger partial charge in [0.25, 0.3) is 0 Å². The van der Waals surface area contributed by atoms with Crippen LogP contribution in [-0.2, 0) is 22.2 Å². The van der Waals surface area contributed by atoms with Crippen LogP contribution in [0.2, 0.25) is 0 Å². The minimum atomic E-state index is -0.451. The Labute approximate surface area is 177 Å². The Morgan fingerprint density at radius 1 is 1.03 bits per heavy atom. The largest absolute Gasteiger partial charge is 0.346 e. The zero-order valence-electron chi connectivity index (χ0n) is 17.9. The summed E-state index contributed by atoms with van der Waals surface area (Å²) in [6.07, 6.45) is 3.88. The molecule has 1 fully saturated rings. The van der Waals surface area contributed by atoms with Crippen molar-refractivity contribution in [3.8, 4) is 11.4 Å². The number of carbonyl (C=O) groups excluding carboxylic acids is 1. The van der Waals surface area contributed by atoms with Crippen LogP contribution < -0.4 is 5.32 Å². The molecule has 0 spiro atoms. The van der Waals surface area contributed by atoms with Gasteiger partial charge in [-0.15, -0.1) is 0 Å². The van der Waals surface area contributed by atoms with Gasteiger partial charge in [-0.05, 0) is 29.4 Å². The molecule has 1 aromatic heterocycles. The van der Waals surface area contributed by atoms with Crippen LogP contribution in [0.4, 0.5) is 0 Å². The summed E-state index contributed by atoms with van der Waals surface area (Å²) in [5.74, 6) is 0.998. The average molecular weight is 404 g/mol. The third kappa shape index (κ3) is 4.02. The molecule has 1 N–H and O–H groups in total. The van der Waals surface area contributed by atoms with E-state index in [1.807, 2.05) is 30.3 Å². The van der Waals surface area contributed by atoms with Crippen molar-refractivity contribution in [1.82, 2.24) is 15.5 Å². The molecule has 0 radical (unpaired) electrons. The number of hydrogen-bond acceptors (Lipinski definition) is 4. The van der Waals surface area contributed by atoms with E-state index in [9.17, 15) is 4.79 Å². The molecule has 5 heteroatoms. The molecule has 156 valence electrons. The number of aromatic nitrogens is 2. The summed E-state index contributed by atoms with van der Waals surface area (Å²) >= 11 is 0. The molecular weight excluding hydrogens is 374 g/mol. The van der Waals surface area contributed by atoms with Crippen molar-refractivity contribution in [2.24, 2.45) is 0 Å². The summed E-state index contributed by atoms with van der Waals surface area (Å²) < 4.78 is 5.39. The highest BCUT2D eigenvalue weighted by molar-refractivity contribution is 5.88. The molecule has 1 aliphatic carbocycles. The van der Waals surface area contributed by atoms with Crippen molar-refractivity contribution in [3.05, 3.63) is 71.6 Å². The minimum Gasteiger partial charge on any atom is -0.346 e. The molecule has 4 rings (SSSR count). The van der Waals surface area contributed by atoms with E-state index in [1.54, 1.807) is 0 Å². The second-order valence-electron chi connectivity index (χ2n) is 9.18. The van der Waals surface area contributed by atoms with E-state index in [0.717, 1.165) is 36.8 Å². The van der Waals surface area contributed by atoms with E-state index in [0.29, 0.717) is 11.7 Å². The smallest absolute Gasteiger partial charge is 0.246 e. The van der Waals surface area contributed by atoms with Gasteiger partial charge < -0.3 is 9.84 Å². The lowest BCUT2D eigenvalue weighted by Gasteiger charge is -2.28. The lowest BCUT2D eigenvalue weighted by atomic mass is 9.78. The van der Waals surface area contributed by atoms with Crippen LogP contribution >= 0.6 is 0 Å². The van der Waals surface area contributed by atoms with Crippen LogP contribution in [0.15, 0.2) is 59.1 Å². The first-order valence-electron chi connectivity index (χ1n) is 10.7. The number of nitrogens with zero attached hydrogens (tertiary/aromatic N) is 2. The van der Waals surface area contributed by atoms with Gasteiger partial charge in [-0.3, -0.25) is 4.79 Å². The van der Waals surface area contributed by atoms with Crippen molar-refractivity contribution in [2.45, 2.75) is 63.8 Å². The predicted molar refractivity (Wildman–Crippen MR) is 117 cm³/mol. The van der Waals surface area contributed by atoms with E-state index < -0.39 is 5.41 Å². The number of nitrogens with one attached hydrogen (secondary N) is 1. The number of hydrogen-bond donors (Lipinski definition) is 1. The lowest BCUT2D eigenvalue weighted by Crippen LogP contribution is -2.42. The molecule has 30 heavy (non-hydrogen) atoms. The van der Waals surface area contributed by atoms with Crippen molar-refractivity contribution in [3.63, 3.8) is 0 Å². The van der Waals surface area contributed by atoms with Gasteiger partial charge in [0, 0.05) is 5.56 Å². The molecule has 2 aromatic carbocycles. The topological polar surface area (TPSA) is 68.0 Å². The zero-order valence-corrected chi connectivity index (χ0v) is 17.9. The monoisotopic (exact) mass is 403 g/mol. The quantitative estimate of drug-likeness (QED) is 0.639. The van der Waals surface area contributed by atoms with Gasteiger partial charge in [-0.2, -0.15) is 4.98 Å². The summed E-state index contributed by atoms with van der Waals surface area (Å²) in [4.78, 5) is 17.6. The molecule has 1 saturated carbocycles. The maximum Gasteiger partial charge on any atom is 0.246 e. The summed E-state index contributed by atoms with van der Waals surface area (Å²) in [6, 6.07) is 18.3. The van der Waals surface area contributed by atoms with Crippen LogP contribution in [0, 0.1) is 0 Å². The maximum atomic E-state index is 13.1. The Kier molecular flexibility index (Phi) is 5.46. The van der Waals surface area contributed by atoms with E-state index in [-0.39, 0.29) is 17.9 Å². The summed E-state index contributed by atoms with van der Waals surface area (Å²) in [5.41, 5.74) is 2.89. The van der Waals surface area contributed by atoms with Gasteiger partial charge in [0.15, 0.2) is 0 Å². The van der Waals surface area contributed by atoms with E-state index in [2.05, 4.69) is 60.5 Å². The highest BCUT2D eigenvalue weighted by atomic mass is 16.5. The Morgan fingerprint density at radius 3 is 2.33 bits per heavy atom. The second-order valence-corrected chi connectivity index (χ2v) is 9.18. The van der Waals surface area contributed by atoms with Gasteiger partial charge in [0.2, 0.25) is 17.6 Å². The molecular formula is C25H29N3O2. The fraction of sp³-hybridized carbons (Fsp3) is 0.400. The molecule has 1 aliphatic rings. The Hall–Kier alpha value is -2.95. The SMILES string of the molecule is CC(C)(C)c1ccc(-c2noc(CNC(=O)C3(c4ccccc4)CCCC3)n2)cc1. The van der Waals surface area contributed by atoms with Gasteiger partial charge in [0.05, 0.1) is 12.0 Å². The first-order valence-corrected chi connectivity index (χ1v) is 10.7. The zero-order chi connectivity index (χ0) is 21.2. The number of carbonyl (C=O) groups is 1. The molecule has 1 amide bonds.